The summed E-state index contributed by atoms with van der Waals surface area (Å²) in [4.78, 5) is 30.6. The smallest absolute Gasteiger partial charge is 0.434 e. The molecule has 2 heterocycles. The van der Waals surface area contributed by atoms with Gasteiger partial charge in [0.15, 0.2) is 10.5 Å². The van der Waals surface area contributed by atoms with Gasteiger partial charge in [-0.3, -0.25) is 9.36 Å². The second-order valence-corrected chi connectivity index (χ2v) is 13.0. The normalized spacial score (nSPS) is 15.2. The summed E-state index contributed by atoms with van der Waals surface area (Å²) in [7, 11) is 0. The molecule has 0 spiro atoms. The number of carbonyl (C=O) groups is 1. The van der Waals surface area contributed by atoms with Gasteiger partial charge in [0, 0.05) is 14.2 Å². The highest BCUT2D eigenvalue weighted by molar-refractivity contribution is 14.1. The van der Waals surface area contributed by atoms with Crippen LogP contribution in [0.2, 0.25) is 5.02 Å². The van der Waals surface area contributed by atoms with E-state index in [0.717, 1.165) is 28.6 Å². The molecule has 0 N–H and O–H groups in total. The first kappa shape index (κ1) is 31.7. The maximum absolute atomic E-state index is 14.4. The second kappa shape index (κ2) is 13.1. The van der Waals surface area contributed by atoms with E-state index in [0.29, 0.717) is 16.3 Å². The Bertz CT molecular complexity index is 1910. The van der Waals surface area contributed by atoms with E-state index in [1.807, 2.05) is 42.5 Å². The van der Waals surface area contributed by atoms with E-state index in [2.05, 4.69) is 50.2 Å². The Morgan fingerprint density at radius 1 is 1.12 bits per heavy atom. The van der Waals surface area contributed by atoms with E-state index in [1.54, 1.807) is 6.08 Å². The van der Waals surface area contributed by atoms with Crippen molar-refractivity contribution in [1.82, 2.24) is 4.57 Å². The van der Waals surface area contributed by atoms with Crippen LogP contribution in [0.3, 0.4) is 0 Å². The quantitative estimate of drug-likeness (QED) is 0.152. The van der Waals surface area contributed by atoms with Crippen molar-refractivity contribution in [2.24, 2.45) is 4.99 Å². The van der Waals surface area contributed by atoms with Gasteiger partial charge in [0.05, 0.1) is 26.3 Å². The van der Waals surface area contributed by atoms with Crippen molar-refractivity contribution in [2.75, 3.05) is 6.61 Å². The number of hydrogen-bond acceptors (Lipinski definition) is 6. The lowest BCUT2D eigenvalue weighted by atomic mass is 9.95. The molecule has 222 valence electrons. The minimum atomic E-state index is -4.99. The average Bonchev–Trinajstić information content (AvgIpc) is 3.26. The van der Waals surface area contributed by atoms with Gasteiger partial charge in [-0.05, 0) is 93.6 Å². The van der Waals surface area contributed by atoms with Gasteiger partial charge in [-0.1, -0.05) is 65.4 Å². The zero-order chi connectivity index (χ0) is 30.9. The average molecular weight is 851 g/mol. The van der Waals surface area contributed by atoms with Crippen LogP contribution < -0.4 is 19.6 Å². The Hall–Kier alpha value is -2.69. The monoisotopic (exact) mass is 850 g/mol. The lowest BCUT2D eigenvalue weighted by molar-refractivity contribution is -0.140. The maximum atomic E-state index is 14.4. The molecule has 13 heteroatoms. The van der Waals surface area contributed by atoms with Crippen molar-refractivity contribution < 1.29 is 27.4 Å². The van der Waals surface area contributed by atoms with Crippen LogP contribution in [0.5, 0.6) is 5.75 Å². The zero-order valence-electron chi connectivity index (χ0n) is 22.1. The highest BCUT2D eigenvalue weighted by atomic mass is 127. The zero-order valence-corrected chi connectivity index (χ0v) is 28.0. The van der Waals surface area contributed by atoms with Gasteiger partial charge in [-0.15, -0.1) is 0 Å². The summed E-state index contributed by atoms with van der Waals surface area (Å²) in [5.41, 5.74) is -1.04. The Morgan fingerprint density at radius 2 is 1.81 bits per heavy atom. The third kappa shape index (κ3) is 6.86. The molecule has 0 radical (unpaired) electrons. The molecule has 0 aliphatic carbocycles. The number of aromatic nitrogens is 1. The third-order valence-corrected chi connectivity index (χ3v) is 8.99. The second-order valence-electron chi connectivity index (χ2n) is 9.20. The molecule has 0 fully saturated rings. The van der Waals surface area contributed by atoms with Crippen LogP contribution in [0.25, 0.3) is 6.08 Å². The highest BCUT2D eigenvalue weighted by Gasteiger charge is 2.45. The van der Waals surface area contributed by atoms with Crippen molar-refractivity contribution in [3.63, 3.8) is 0 Å². The lowest BCUT2D eigenvalue weighted by Crippen LogP contribution is -2.41. The van der Waals surface area contributed by atoms with Gasteiger partial charge in [0.2, 0.25) is 0 Å². The number of thiazole rings is 1. The number of halogens is 6. The molecule has 43 heavy (non-hydrogen) atoms. The highest BCUT2D eigenvalue weighted by Crippen LogP contribution is 2.38. The van der Waals surface area contributed by atoms with E-state index < -0.39 is 35.0 Å². The van der Waals surface area contributed by atoms with Crippen LogP contribution in [0, 0.1) is 7.14 Å². The number of alkyl halides is 3. The van der Waals surface area contributed by atoms with Crippen LogP contribution in [0.15, 0.2) is 87.8 Å². The van der Waals surface area contributed by atoms with E-state index in [-0.39, 0.29) is 28.1 Å². The third-order valence-electron chi connectivity index (χ3n) is 6.33. The first-order valence-corrected chi connectivity index (χ1v) is 16.0. The molecule has 1 aliphatic rings. The minimum Gasteiger partial charge on any atom is -0.487 e. The number of allylic oxidation sites excluding steroid dienone is 1. The van der Waals surface area contributed by atoms with E-state index in [1.165, 1.54) is 31.2 Å². The number of fused-ring (bicyclic) bond motifs is 1. The number of rotatable bonds is 7. The SMILES string of the molecule is CCOC(=O)C1=C(C(F)(F)F)N=c2s/c(=C\c3cc(I)cc(I)c3OCc3ccccc3)c(=O)n2[C@@H]1c1ccc(Cl)cc1. The van der Waals surface area contributed by atoms with Gasteiger partial charge in [-0.25, -0.2) is 9.79 Å². The van der Waals surface area contributed by atoms with Crippen LogP contribution in [-0.2, 0) is 16.1 Å². The Balaban J connectivity index is 1.72. The molecule has 6 nitrogen and oxygen atoms in total. The number of hydrogen-bond donors (Lipinski definition) is 0. The van der Waals surface area contributed by atoms with E-state index >= 15 is 0 Å². The molecule has 0 unspecified atom stereocenters. The molecule has 1 aromatic heterocycles. The predicted molar refractivity (Wildman–Crippen MR) is 175 cm³/mol. The number of ether oxygens (including phenoxy) is 2. The fourth-order valence-corrected chi connectivity index (χ4v) is 7.67. The fraction of sp³-hybridized carbons (Fsp3) is 0.167. The maximum Gasteiger partial charge on any atom is 0.434 e. The van der Waals surface area contributed by atoms with Crippen LogP contribution in [0.4, 0.5) is 13.2 Å². The fourth-order valence-electron chi connectivity index (χ4n) is 4.51. The summed E-state index contributed by atoms with van der Waals surface area (Å²) in [6, 6.07) is 17.7. The van der Waals surface area contributed by atoms with Gasteiger partial charge in [0.25, 0.3) is 5.56 Å². The van der Waals surface area contributed by atoms with Crippen molar-refractivity contribution >= 4 is 80.2 Å². The molecule has 1 aliphatic heterocycles. The number of esters is 1. The van der Waals surface area contributed by atoms with Crippen molar-refractivity contribution in [3.05, 3.63) is 127 Å². The van der Waals surface area contributed by atoms with E-state index in [4.69, 9.17) is 21.1 Å². The topological polar surface area (TPSA) is 69.9 Å². The molecule has 1 atom stereocenters. The van der Waals surface area contributed by atoms with Gasteiger partial charge < -0.3 is 9.47 Å². The number of carbonyl (C=O) groups excluding carboxylic acids is 1. The van der Waals surface area contributed by atoms with Gasteiger partial charge in [-0.2, -0.15) is 13.2 Å². The van der Waals surface area contributed by atoms with Crippen LogP contribution in [-0.4, -0.2) is 23.3 Å². The Kier molecular flexibility index (Phi) is 9.68. The molecular weight excluding hydrogens is 831 g/mol. The Morgan fingerprint density at radius 3 is 2.47 bits per heavy atom. The summed E-state index contributed by atoms with van der Waals surface area (Å²) in [6.07, 6.45) is -3.42. The molecule has 4 aromatic rings. The first-order chi connectivity index (χ1) is 20.5. The van der Waals surface area contributed by atoms with Gasteiger partial charge >= 0.3 is 12.1 Å². The molecular formula is C30H20ClF3I2N2O4S. The van der Waals surface area contributed by atoms with Gasteiger partial charge in [0.1, 0.15) is 12.4 Å². The van der Waals surface area contributed by atoms with Crippen LogP contribution in [0.1, 0.15) is 29.7 Å². The largest absolute Gasteiger partial charge is 0.487 e. The Labute approximate surface area is 279 Å². The molecule has 0 saturated heterocycles. The lowest BCUT2D eigenvalue weighted by Gasteiger charge is -2.26. The van der Waals surface area contributed by atoms with Crippen molar-refractivity contribution in [1.29, 1.82) is 0 Å². The minimum absolute atomic E-state index is 0.117. The van der Waals surface area contributed by atoms with Crippen molar-refractivity contribution in [3.8, 4) is 5.75 Å². The predicted octanol–water partition coefficient (Wildman–Crippen LogP) is 6.78. The summed E-state index contributed by atoms with van der Waals surface area (Å²) in [5.74, 6) is -0.690. The standard InChI is InChI=1S/C30H20ClF3I2N2O4S/c1-2-41-28(40)23-24(17-8-10-19(31)11-9-17)38-27(39)22(43-29(38)37-26(23)30(32,33)34)13-18-12-20(35)14-21(36)25(18)42-15-16-6-4-3-5-7-16/h3-14,24H,2,15H2,1H3/b22-13-/t24-/m1/s1. The van der Waals surface area contributed by atoms with Crippen LogP contribution >= 0.6 is 68.1 Å². The summed E-state index contributed by atoms with van der Waals surface area (Å²) in [5, 5.41) is 0.338. The summed E-state index contributed by atoms with van der Waals surface area (Å²) in [6.45, 7) is 1.59. The molecule has 0 bridgehead atoms. The number of nitrogens with zero attached hydrogens (tertiary/aromatic N) is 2. The molecule has 3 aromatic carbocycles. The first-order valence-electron chi connectivity index (χ1n) is 12.7. The molecule has 0 saturated carbocycles. The number of benzene rings is 3. The van der Waals surface area contributed by atoms with Crippen molar-refractivity contribution in [2.45, 2.75) is 25.7 Å². The van der Waals surface area contributed by atoms with E-state index in [9.17, 15) is 22.8 Å². The molecule has 5 rings (SSSR count). The summed E-state index contributed by atoms with van der Waals surface area (Å²) < 4.78 is 57.2. The molecule has 0 amide bonds. The summed E-state index contributed by atoms with van der Waals surface area (Å²) >= 11 is 11.1.